The molecule has 4 N–H and O–H groups in total. The van der Waals surface area contributed by atoms with Crippen molar-refractivity contribution in [2.24, 2.45) is 29.1 Å². The van der Waals surface area contributed by atoms with E-state index in [9.17, 15) is 24.9 Å². The maximum absolute atomic E-state index is 12.6. The molecule has 6 atom stereocenters. The molecule has 0 spiro atoms. The van der Waals surface area contributed by atoms with Gasteiger partial charge < -0.3 is 20.6 Å². The minimum Gasteiger partial charge on any atom is -0.511 e. The summed E-state index contributed by atoms with van der Waals surface area (Å²) in [4.78, 5) is 24.9. The van der Waals surface area contributed by atoms with Gasteiger partial charge in [0.15, 0.2) is 5.78 Å². The van der Waals surface area contributed by atoms with E-state index in [0.717, 1.165) is 19.3 Å². The van der Waals surface area contributed by atoms with Crippen molar-refractivity contribution in [2.75, 3.05) is 13.2 Å². The summed E-state index contributed by atoms with van der Waals surface area (Å²) in [7, 11) is 0. The quantitative estimate of drug-likeness (QED) is 0.259. The number of aliphatic hydroxyl groups excluding tert-OH is 3. The maximum atomic E-state index is 12.6. The van der Waals surface area contributed by atoms with Crippen molar-refractivity contribution in [1.82, 2.24) is 5.32 Å². The third-order valence-corrected chi connectivity index (χ3v) is 6.72. The Balaban J connectivity index is 2.08. The molecule has 148 valence electrons. The Hall–Kier alpha value is -1.92. The molecule has 1 heterocycles. The van der Waals surface area contributed by atoms with Crippen molar-refractivity contribution in [3.63, 3.8) is 0 Å². The van der Waals surface area contributed by atoms with Crippen LogP contribution in [-0.4, -0.2) is 46.3 Å². The number of carbonyl (C=O) groups excluding carboxylic acids is 2. The summed E-state index contributed by atoms with van der Waals surface area (Å²) >= 11 is 0. The third-order valence-electron chi connectivity index (χ3n) is 6.72. The van der Waals surface area contributed by atoms with E-state index in [1.165, 1.54) is 0 Å². The number of carbonyl (C=O) groups is 2. The molecule has 0 unspecified atom stereocenters. The van der Waals surface area contributed by atoms with Crippen LogP contribution in [0.2, 0.25) is 0 Å². The van der Waals surface area contributed by atoms with Crippen molar-refractivity contribution in [3.8, 4) is 0 Å². The molecular weight excluding hydrogens is 346 g/mol. The summed E-state index contributed by atoms with van der Waals surface area (Å²) in [5.41, 5.74) is -1.01. The standard InChI is InChI=1S/C21H29NO5/c1-3-4-14-7-6-13-9-12(10-23)5-8-15(13)21(14,2)19(26)17-18(25)16(11-24)22-20(17)27/h3-4,6-7,12-16,23-24,26H,5,8-11H2,1-2H3,(H,22,27)/b4-3+,19-17?/t12-,13-,14-,15-,16+,21-/m1/s1. The zero-order valence-electron chi connectivity index (χ0n) is 15.9. The molecular formula is C21H29NO5. The lowest BCUT2D eigenvalue weighted by atomic mass is 9.54. The van der Waals surface area contributed by atoms with Crippen molar-refractivity contribution < 1.29 is 24.9 Å². The zero-order valence-corrected chi connectivity index (χ0v) is 15.9. The normalized spacial score (nSPS) is 41.0. The highest BCUT2D eigenvalue weighted by Crippen LogP contribution is 2.56. The fraction of sp³-hybridized carbons (Fsp3) is 0.619. The highest BCUT2D eigenvalue weighted by Gasteiger charge is 2.53. The summed E-state index contributed by atoms with van der Waals surface area (Å²) in [6, 6.07) is -0.988. The number of allylic oxidation sites excluding steroid dienone is 5. The minimum atomic E-state index is -0.988. The Kier molecular flexibility index (Phi) is 5.58. The first kappa shape index (κ1) is 19.8. The van der Waals surface area contributed by atoms with Gasteiger partial charge in [0.2, 0.25) is 0 Å². The number of fused-ring (bicyclic) bond motifs is 1. The summed E-state index contributed by atoms with van der Waals surface area (Å²) < 4.78 is 0. The summed E-state index contributed by atoms with van der Waals surface area (Å²) in [5.74, 6) is -1.00. The van der Waals surface area contributed by atoms with Crippen LogP contribution in [0.15, 0.2) is 35.6 Å². The van der Waals surface area contributed by atoms with Gasteiger partial charge in [0.25, 0.3) is 5.91 Å². The molecule has 6 heteroatoms. The van der Waals surface area contributed by atoms with Crippen LogP contribution < -0.4 is 5.32 Å². The second-order valence-electron chi connectivity index (χ2n) is 8.15. The van der Waals surface area contributed by atoms with Crippen molar-refractivity contribution in [3.05, 3.63) is 35.6 Å². The Bertz CT molecular complexity index is 709. The SMILES string of the molecule is C/C=C/[C@@H]1C=C[C@@H]2C[C@H](CO)CC[C@H]2[C@]1(C)C(O)=C1C(=O)N[C@@H](CO)C1=O. The highest BCUT2D eigenvalue weighted by atomic mass is 16.3. The number of rotatable bonds is 4. The van der Waals surface area contributed by atoms with Crippen LogP contribution in [0.4, 0.5) is 0 Å². The summed E-state index contributed by atoms with van der Waals surface area (Å²) in [6.45, 7) is 3.49. The van der Waals surface area contributed by atoms with E-state index in [2.05, 4.69) is 11.4 Å². The predicted molar refractivity (Wildman–Crippen MR) is 101 cm³/mol. The van der Waals surface area contributed by atoms with Crippen LogP contribution in [0.5, 0.6) is 0 Å². The van der Waals surface area contributed by atoms with Gasteiger partial charge in [-0.15, -0.1) is 0 Å². The Morgan fingerprint density at radius 2 is 2.00 bits per heavy atom. The van der Waals surface area contributed by atoms with E-state index in [-0.39, 0.29) is 41.6 Å². The van der Waals surface area contributed by atoms with Crippen molar-refractivity contribution >= 4 is 11.7 Å². The van der Waals surface area contributed by atoms with E-state index in [4.69, 9.17) is 0 Å². The lowest BCUT2D eigenvalue weighted by Crippen LogP contribution is -2.46. The number of Topliss-reactive ketones (excluding diaryl/α,β-unsaturated/α-hetero) is 1. The van der Waals surface area contributed by atoms with Crippen molar-refractivity contribution in [1.29, 1.82) is 0 Å². The monoisotopic (exact) mass is 375 g/mol. The van der Waals surface area contributed by atoms with Crippen LogP contribution in [0.25, 0.3) is 0 Å². The van der Waals surface area contributed by atoms with Crippen LogP contribution in [-0.2, 0) is 9.59 Å². The van der Waals surface area contributed by atoms with Gasteiger partial charge >= 0.3 is 0 Å². The number of amides is 1. The summed E-state index contributed by atoms with van der Waals surface area (Å²) in [5, 5.41) is 32.6. The predicted octanol–water partition coefficient (Wildman–Crippen LogP) is 1.65. The number of aliphatic hydroxyl groups is 3. The van der Waals surface area contributed by atoms with Gasteiger partial charge in [-0.2, -0.15) is 0 Å². The molecule has 27 heavy (non-hydrogen) atoms. The maximum Gasteiger partial charge on any atom is 0.259 e. The third kappa shape index (κ3) is 3.15. The van der Waals surface area contributed by atoms with Gasteiger partial charge in [-0.3, -0.25) is 9.59 Å². The Morgan fingerprint density at radius 1 is 1.26 bits per heavy atom. The van der Waals surface area contributed by atoms with E-state index in [1.54, 1.807) is 0 Å². The van der Waals surface area contributed by atoms with Gasteiger partial charge in [0.1, 0.15) is 17.4 Å². The molecule has 0 aromatic heterocycles. The van der Waals surface area contributed by atoms with Crippen molar-refractivity contribution in [2.45, 2.75) is 39.2 Å². The molecule has 6 nitrogen and oxygen atoms in total. The molecule has 3 rings (SSSR count). The van der Waals surface area contributed by atoms with E-state index in [0.29, 0.717) is 0 Å². The van der Waals surface area contributed by atoms with Crippen LogP contribution in [0.3, 0.4) is 0 Å². The largest absolute Gasteiger partial charge is 0.511 e. The number of hydrogen-bond donors (Lipinski definition) is 4. The van der Waals surface area contributed by atoms with Gasteiger partial charge in [-0.05, 0) is 43.9 Å². The first-order valence-electron chi connectivity index (χ1n) is 9.70. The minimum absolute atomic E-state index is 0.0628. The molecule has 0 aromatic rings. The second kappa shape index (κ2) is 7.60. The molecule has 1 aliphatic heterocycles. The average molecular weight is 375 g/mol. The number of nitrogens with one attached hydrogen (secondary N) is 1. The van der Waals surface area contributed by atoms with Crippen LogP contribution in [0.1, 0.15) is 33.1 Å². The first-order chi connectivity index (χ1) is 12.9. The first-order valence-corrected chi connectivity index (χ1v) is 9.70. The molecule has 0 bridgehead atoms. The average Bonchev–Trinajstić information content (AvgIpc) is 2.96. The fourth-order valence-corrected chi connectivity index (χ4v) is 5.14. The smallest absolute Gasteiger partial charge is 0.259 e. The fourth-order valence-electron chi connectivity index (χ4n) is 5.14. The number of ketones is 1. The molecule has 2 aliphatic carbocycles. The Morgan fingerprint density at radius 3 is 2.59 bits per heavy atom. The van der Waals surface area contributed by atoms with Gasteiger partial charge in [-0.25, -0.2) is 0 Å². The molecule has 1 saturated heterocycles. The van der Waals surface area contributed by atoms with Gasteiger partial charge in [0, 0.05) is 17.9 Å². The van der Waals surface area contributed by atoms with E-state index < -0.39 is 29.8 Å². The molecule has 1 amide bonds. The lowest BCUT2D eigenvalue weighted by molar-refractivity contribution is -0.118. The zero-order chi connectivity index (χ0) is 19.8. The lowest BCUT2D eigenvalue weighted by Gasteiger charge is -2.50. The topological polar surface area (TPSA) is 107 Å². The molecule has 3 aliphatic rings. The van der Waals surface area contributed by atoms with Gasteiger partial charge in [0.05, 0.1) is 6.61 Å². The highest BCUT2D eigenvalue weighted by molar-refractivity contribution is 6.27. The molecule has 2 fully saturated rings. The Labute approximate surface area is 159 Å². The molecule has 1 saturated carbocycles. The van der Waals surface area contributed by atoms with Crippen LogP contribution >= 0.6 is 0 Å². The van der Waals surface area contributed by atoms with Crippen LogP contribution in [0, 0.1) is 29.1 Å². The van der Waals surface area contributed by atoms with E-state index in [1.807, 2.05) is 32.1 Å². The molecule has 0 radical (unpaired) electrons. The summed E-state index contributed by atoms with van der Waals surface area (Å²) in [6.07, 6.45) is 10.6. The second-order valence-corrected chi connectivity index (χ2v) is 8.15. The van der Waals surface area contributed by atoms with Gasteiger partial charge in [-0.1, -0.05) is 31.2 Å². The molecule has 0 aromatic carbocycles. The van der Waals surface area contributed by atoms with E-state index >= 15 is 0 Å². The number of hydrogen-bond acceptors (Lipinski definition) is 5.